The quantitative estimate of drug-likeness (QED) is 0.488. The zero-order valence-corrected chi connectivity index (χ0v) is 14.5. The van der Waals surface area contributed by atoms with Gasteiger partial charge in [0.25, 0.3) is 5.65 Å². The molecule has 0 aliphatic heterocycles. The fourth-order valence-electron chi connectivity index (χ4n) is 3.37. The van der Waals surface area contributed by atoms with Crippen molar-refractivity contribution in [3.8, 4) is 11.3 Å². The fourth-order valence-corrected chi connectivity index (χ4v) is 3.37. The van der Waals surface area contributed by atoms with Crippen LogP contribution in [0.5, 0.6) is 0 Å². The first-order valence-corrected chi connectivity index (χ1v) is 8.71. The zero-order valence-electron chi connectivity index (χ0n) is 14.5. The Morgan fingerprint density at radius 3 is 2.67 bits per heavy atom. The lowest BCUT2D eigenvalue weighted by atomic mass is 10.0. The van der Waals surface area contributed by atoms with E-state index < -0.39 is 0 Å². The summed E-state index contributed by atoms with van der Waals surface area (Å²) in [6.45, 7) is 0.594. The lowest BCUT2D eigenvalue weighted by Gasteiger charge is -2.11. The van der Waals surface area contributed by atoms with Gasteiger partial charge in [0.2, 0.25) is 12.1 Å². The Bertz CT molecular complexity index is 1260. The molecule has 3 aromatic heterocycles. The molecule has 0 radical (unpaired) electrons. The SMILES string of the molecule is Nc1nc[n+](Cc2cc3ccccc3nc2-c2ccccc2)c2nc[nH]c12. The number of H-pyrrole nitrogens is 1. The maximum absolute atomic E-state index is 5.95. The lowest BCUT2D eigenvalue weighted by molar-refractivity contribution is -0.666. The number of nitrogens with zero attached hydrogens (tertiary/aromatic N) is 4. The van der Waals surface area contributed by atoms with E-state index in [0.717, 1.165) is 38.9 Å². The number of imidazole rings is 1. The van der Waals surface area contributed by atoms with E-state index in [-0.39, 0.29) is 0 Å². The third-order valence-electron chi connectivity index (χ3n) is 4.67. The summed E-state index contributed by atoms with van der Waals surface area (Å²) in [4.78, 5) is 16.7. The number of fused-ring (bicyclic) bond motifs is 2. The summed E-state index contributed by atoms with van der Waals surface area (Å²) in [5.41, 5.74) is 11.6. The number of pyridine rings is 1. The highest BCUT2D eigenvalue weighted by molar-refractivity contribution is 5.83. The van der Waals surface area contributed by atoms with Gasteiger partial charge in [0.1, 0.15) is 0 Å². The number of hydrogen-bond donors (Lipinski definition) is 2. The van der Waals surface area contributed by atoms with Gasteiger partial charge in [0.15, 0.2) is 11.8 Å². The third-order valence-corrected chi connectivity index (χ3v) is 4.67. The van der Waals surface area contributed by atoms with Crippen LogP contribution in [0.1, 0.15) is 5.56 Å². The molecule has 3 N–H and O–H groups in total. The van der Waals surface area contributed by atoms with E-state index in [4.69, 9.17) is 10.7 Å². The Labute approximate surface area is 155 Å². The van der Waals surface area contributed by atoms with Crippen molar-refractivity contribution < 1.29 is 4.57 Å². The summed E-state index contributed by atoms with van der Waals surface area (Å²) < 4.78 is 1.99. The van der Waals surface area contributed by atoms with Gasteiger partial charge in [-0.1, -0.05) is 58.5 Å². The average Bonchev–Trinajstić information content (AvgIpc) is 3.21. The summed E-state index contributed by atoms with van der Waals surface area (Å²) in [5, 5.41) is 1.11. The Morgan fingerprint density at radius 2 is 1.78 bits per heavy atom. The minimum Gasteiger partial charge on any atom is -0.368 e. The van der Waals surface area contributed by atoms with Crippen LogP contribution in [0.4, 0.5) is 5.82 Å². The van der Waals surface area contributed by atoms with Crippen LogP contribution in [-0.4, -0.2) is 19.9 Å². The Hall–Kier alpha value is -3.80. The number of hydrogen-bond acceptors (Lipinski definition) is 4. The van der Waals surface area contributed by atoms with E-state index in [2.05, 4.69) is 39.2 Å². The molecule has 0 aliphatic carbocycles. The molecular formula is C21H17N6+. The van der Waals surface area contributed by atoms with Gasteiger partial charge in [-0.15, -0.1) is 0 Å². The fraction of sp³-hybridized carbons (Fsp3) is 0.0476. The maximum Gasteiger partial charge on any atom is 0.293 e. The summed E-state index contributed by atoms with van der Waals surface area (Å²) in [6, 6.07) is 20.6. The molecule has 0 spiro atoms. The molecule has 0 unspecified atom stereocenters. The van der Waals surface area contributed by atoms with Crippen molar-refractivity contribution in [2.75, 3.05) is 5.73 Å². The summed E-state index contributed by atoms with van der Waals surface area (Å²) in [6.07, 6.45) is 3.36. The second-order valence-electron chi connectivity index (χ2n) is 6.41. The van der Waals surface area contributed by atoms with Crippen molar-refractivity contribution in [2.24, 2.45) is 0 Å². The maximum atomic E-state index is 5.95. The number of benzene rings is 2. The Morgan fingerprint density at radius 1 is 0.963 bits per heavy atom. The van der Waals surface area contributed by atoms with Crippen LogP contribution >= 0.6 is 0 Å². The second-order valence-corrected chi connectivity index (χ2v) is 6.41. The summed E-state index contributed by atoms with van der Waals surface area (Å²) >= 11 is 0. The first-order valence-electron chi connectivity index (χ1n) is 8.71. The van der Waals surface area contributed by atoms with Gasteiger partial charge in [0.05, 0.1) is 17.8 Å². The minimum atomic E-state index is 0.443. The molecule has 0 fully saturated rings. The number of para-hydroxylation sites is 1. The number of aromatic amines is 1. The van der Waals surface area contributed by atoms with Crippen LogP contribution in [-0.2, 0) is 6.54 Å². The van der Waals surface area contributed by atoms with E-state index in [1.807, 2.05) is 41.0 Å². The van der Waals surface area contributed by atoms with E-state index >= 15 is 0 Å². The van der Waals surface area contributed by atoms with Crippen molar-refractivity contribution in [3.63, 3.8) is 0 Å². The van der Waals surface area contributed by atoms with E-state index in [9.17, 15) is 0 Å². The van der Waals surface area contributed by atoms with Crippen molar-refractivity contribution >= 4 is 27.9 Å². The molecule has 0 saturated carbocycles. The molecule has 5 rings (SSSR count). The molecule has 2 aromatic carbocycles. The number of aromatic nitrogens is 5. The van der Waals surface area contributed by atoms with Gasteiger partial charge >= 0.3 is 0 Å². The highest BCUT2D eigenvalue weighted by Gasteiger charge is 2.17. The monoisotopic (exact) mass is 353 g/mol. The summed E-state index contributed by atoms with van der Waals surface area (Å²) in [5.74, 6) is 0.443. The Kier molecular flexibility index (Phi) is 3.53. The number of nitrogens with one attached hydrogen (secondary N) is 1. The number of rotatable bonds is 3. The molecule has 27 heavy (non-hydrogen) atoms. The number of anilines is 1. The topological polar surface area (TPSA) is 84.4 Å². The largest absolute Gasteiger partial charge is 0.368 e. The molecule has 0 amide bonds. The molecule has 0 atom stereocenters. The molecular weight excluding hydrogens is 336 g/mol. The smallest absolute Gasteiger partial charge is 0.293 e. The van der Waals surface area contributed by atoms with Gasteiger partial charge in [-0.05, 0) is 12.1 Å². The van der Waals surface area contributed by atoms with Crippen LogP contribution in [0.15, 0.2) is 73.3 Å². The molecule has 0 aliphatic rings. The molecule has 0 saturated heterocycles. The predicted octanol–water partition coefficient (Wildman–Crippen LogP) is 3.09. The van der Waals surface area contributed by atoms with Crippen molar-refractivity contribution in [3.05, 3.63) is 78.9 Å². The van der Waals surface area contributed by atoms with Gasteiger partial charge in [-0.3, -0.25) is 0 Å². The standard InChI is InChI=1S/C21H16N6/c22-20-19-21(24-12-23-19)27(13-25-20)11-16-10-15-8-4-5-9-17(15)26-18(16)14-6-2-1-3-7-14/h1-10,12-13H,11H2,(H2,22,23,24)/p+1. The van der Waals surface area contributed by atoms with Crippen LogP contribution in [0, 0.1) is 0 Å². The third kappa shape index (κ3) is 2.67. The number of nitrogen functional groups attached to an aromatic ring is 1. The molecule has 6 heteroatoms. The van der Waals surface area contributed by atoms with Crippen molar-refractivity contribution in [2.45, 2.75) is 6.54 Å². The van der Waals surface area contributed by atoms with Crippen molar-refractivity contribution in [1.82, 2.24) is 19.9 Å². The highest BCUT2D eigenvalue weighted by atomic mass is 15.1. The lowest BCUT2D eigenvalue weighted by Crippen LogP contribution is -2.36. The average molecular weight is 353 g/mol. The number of nitrogens with two attached hydrogens (primary N) is 1. The van der Waals surface area contributed by atoms with Crippen LogP contribution in [0.25, 0.3) is 33.3 Å². The molecule has 5 aromatic rings. The molecule has 3 heterocycles. The van der Waals surface area contributed by atoms with Gasteiger partial charge in [-0.25, -0.2) is 9.55 Å². The van der Waals surface area contributed by atoms with Crippen LogP contribution in [0.3, 0.4) is 0 Å². The van der Waals surface area contributed by atoms with E-state index in [1.165, 1.54) is 0 Å². The van der Waals surface area contributed by atoms with Crippen LogP contribution in [0.2, 0.25) is 0 Å². The van der Waals surface area contributed by atoms with E-state index in [1.54, 1.807) is 12.7 Å². The summed E-state index contributed by atoms with van der Waals surface area (Å²) in [7, 11) is 0. The first kappa shape index (κ1) is 15.5. The van der Waals surface area contributed by atoms with Gasteiger partial charge in [-0.2, -0.15) is 0 Å². The highest BCUT2D eigenvalue weighted by Crippen LogP contribution is 2.26. The van der Waals surface area contributed by atoms with Gasteiger partial charge < -0.3 is 10.7 Å². The van der Waals surface area contributed by atoms with Crippen LogP contribution < -0.4 is 10.3 Å². The molecule has 6 nitrogen and oxygen atoms in total. The van der Waals surface area contributed by atoms with Gasteiger partial charge in [0, 0.05) is 16.5 Å². The zero-order chi connectivity index (χ0) is 18.2. The Balaban J connectivity index is 1.71. The minimum absolute atomic E-state index is 0.443. The molecule has 130 valence electrons. The predicted molar refractivity (Wildman–Crippen MR) is 105 cm³/mol. The molecule has 0 bridgehead atoms. The first-order chi connectivity index (χ1) is 13.3. The normalized spacial score (nSPS) is 11.3. The van der Waals surface area contributed by atoms with Crippen molar-refractivity contribution in [1.29, 1.82) is 0 Å². The second kappa shape index (κ2) is 6.17. The van der Waals surface area contributed by atoms with E-state index in [0.29, 0.717) is 12.4 Å².